The number of nitrogens with two attached hydrogens (primary N) is 1. The van der Waals surface area contributed by atoms with E-state index in [-0.39, 0.29) is 0 Å². The molecule has 1 rings (SSSR count). The van der Waals surface area contributed by atoms with E-state index in [1.165, 1.54) is 6.21 Å². The van der Waals surface area contributed by atoms with Crippen LogP contribution in [0.5, 0.6) is 5.75 Å². The van der Waals surface area contributed by atoms with Gasteiger partial charge in [0, 0.05) is 5.56 Å². The molecule has 0 unspecified atom stereocenters. The molecule has 0 saturated heterocycles. The predicted octanol–water partition coefficient (Wildman–Crippen LogP) is 2.22. The van der Waals surface area contributed by atoms with E-state index < -0.39 is 6.03 Å². The Morgan fingerprint density at radius 3 is 3.00 bits per heavy atom. The number of carbonyl (C=O) groups excluding carboxylic acids is 1. The largest absolute Gasteiger partial charge is 0.493 e. The first kappa shape index (κ1) is 14.3. The van der Waals surface area contributed by atoms with E-state index in [9.17, 15) is 4.79 Å². The lowest BCUT2D eigenvalue weighted by Crippen LogP contribution is -2.24. The molecule has 1 aromatic rings. The average molecular weight is 270 g/mol. The van der Waals surface area contributed by atoms with Gasteiger partial charge in [0.25, 0.3) is 0 Å². The normalized spacial score (nSPS) is 10.6. The van der Waals surface area contributed by atoms with Gasteiger partial charge < -0.3 is 10.5 Å². The maximum absolute atomic E-state index is 10.4. The molecule has 6 heteroatoms. The van der Waals surface area contributed by atoms with Crippen LogP contribution in [-0.2, 0) is 5.88 Å². The summed E-state index contributed by atoms with van der Waals surface area (Å²) in [5.41, 5.74) is 8.70. The van der Waals surface area contributed by atoms with E-state index in [4.69, 9.17) is 22.1 Å². The zero-order valence-electron chi connectivity index (χ0n) is 10.1. The second-order valence-corrected chi connectivity index (χ2v) is 3.85. The van der Waals surface area contributed by atoms with Crippen LogP contribution in [0.2, 0.25) is 0 Å². The number of halogens is 1. The maximum atomic E-state index is 10.4. The SMILES string of the molecule is CCCOc1ccc(C=NNC(N)=O)cc1CCl. The monoisotopic (exact) mass is 269 g/mol. The van der Waals surface area contributed by atoms with E-state index in [1.54, 1.807) is 0 Å². The summed E-state index contributed by atoms with van der Waals surface area (Å²) in [6, 6.07) is 4.81. The van der Waals surface area contributed by atoms with E-state index in [0.29, 0.717) is 12.5 Å². The van der Waals surface area contributed by atoms with Gasteiger partial charge in [0.15, 0.2) is 0 Å². The van der Waals surface area contributed by atoms with Gasteiger partial charge >= 0.3 is 6.03 Å². The van der Waals surface area contributed by atoms with E-state index >= 15 is 0 Å². The van der Waals surface area contributed by atoms with Crippen molar-refractivity contribution in [3.05, 3.63) is 29.3 Å². The Kier molecular flexibility index (Phi) is 6.00. The average Bonchev–Trinajstić information content (AvgIpc) is 2.36. The molecule has 0 bridgehead atoms. The van der Waals surface area contributed by atoms with Crippen molar-refractivity contribution in [3.63, 3.8) is 0 Å². The third-order valence-electron chi connectivity index (χ3n) is 2.08. The summed E-state index contributed by atoms with van der Waals surface area (Å²) in [5, 5.41) is 3.67. The Morgan fingerprint density at radius 2 is 2.39 bits per heavy atom. The second kappa shape index (κ2) is 7.55. The minimum absolute atomic E-state index is 0.351. The molecule has 5 nitrogen and oxygen atoms in total. The molecule has 0 atom stereocenters. The number of urea groups is 1. The molecule has 1 aromatic carbocycles. The van der Waals surface area contributed by atoms with Crippen molar-refractivity contribution in [3.8, 4) is 5.75 Å². The topological polar surface area (TPSA) is 76.7 Å². The molecule has 18 heavy (non-hydrogen) atoms. The predicted molar refractivity (Wildman–Crippen MR) is 72.1 cm³/mol. The number of hydrogen-bond donors (Lipinski definition) is 2. The van der Waals surface area contributed by atoms with Gasteiger partial charge in [-0.1, -0.05) is 6.92 Å². The molecule has 2 amide bonds. The number of carbonyl (C=O) groups is 1. The minimum Gasteiger partial charge on any atom is -0.493 e. The Bertz CT molecular complexity index is 435. The fraction of sp³-hybridized carbons (Fsp3) is 0.333. The third-order valence-corrected chi connectivity index (χ3v) is 2.37. The molecule has 0 aliphatic heterocycles. The molecule has 0 spiro atoms. The summed E-state index contributed by atoms with van der Waals surface area (Å²) >= 11 is 5.85. The van der Waals surface area contributed by atoms with Crippen molar-refractivity contribution < 1.29 is 9.53 Å². The molecule has 0 heterocycles. The van der Waals surface area contributed by atoms with Gasteiger partial charge in [0.2, 0.25) is 0 Å². The minimum atomic E-state index is -0.702. The van der Waals surface area contributed by atoms with Crippen molar-refractivity contribution >= 4 is 23.8 Å². The molecule has 0 radical (unpaired) electrons. The highest BCUT2D eigenvalue weighted by Crippen LogP contribution is 2.21. The van der Waals surface area contributed by atoms with Crippen LogP contribution in [0, 0.1) is 0 Å². The Hall–Kier alpha value is -1.75. The molecule has 3 N–H and O–H groups in total. The highest BCUT2D eigenvalue weighted by Gasteiger charge is 2.03. The van der Waals surface area contributed by atoms with Crippen LogP contribution in [0.15, 0.2) is 23.3 Å². The number of amides is 2. The number of hydrazone groups is 1. The van der Waals surface area contributed by atoms with Crippen molar-refractivity contribution in [1.29, 1.82) is 0 Å². The maximum Gasteiger partial charge on any atom is 0.332 e. The van der Waals surface area contributed by atoms with Crippen molar-refractivity contribution in [1.82, 2.24) is 5.43 Å². The standard InChI is InChI=1S/C12H16ClN3O2/c1-2-5-18-11-4-3-9(6-10(11)7-13)8-15-16-12(14)17/h3-4,6,8H,2,5,7H2,1H3,(H3,14,16,17). The van der Waals surface area contributed by atoms with Gasteiger partial charge in [-0.2, -0.15) is 5.10 Å². The number of nitrogens with one attached hydrogen (secondary N) is 1. The van der Waals surface area contributed by atoms with Gasteiger partial charge in [0.1, 0.15) is 5.75 Å². The first-order valence-corrected chi connectivity index (χ1v) is 6.11. The number of primary amides is 1. The van der Waals surface area contributed by atoms with Crippen molar-refractivity contribution in [2.45, 2.75) is 19.2 Å². The first-order chi connectivity index (χ1) is 8.67. The summed E-state index contributed by atoms with van der Waals surface area (Å²) < 4.78 is 5.56. The van der Waals surface area contributed by atoms with Crippen molar-refractivity contribution in [2.24, 2.45) is 10.8 Å². The molecule has 0 saturated carbocycles. The van der Waals surface area contributed by atoms with E-state index in [2.05, 4.69) is 10.5 Å². The Labute approximate surface area is 111 Å². The molecule has 0 aromatic heterocycles. The summed E-state index contributed by atoms with van der Waals surface area (Å²) in [5.74, 6) is 1.12. The molecule has 98 valence electrons. The first-order valence-electron chi connectivity index (χ1n) is 5.57. The van der Waals surface area contributed by atoms with Gasteiger partial charge in [-0.25, -0.2) is 10.2 Å². The molecule has 0 fully saturated rings. The Morgan fingerprint density at radius 1 is 1.61 bits per heavy atom. The summed E-state index contributed by atoms with van der Waals surface area (Å²) in [7, 11) is 0. The molecular formula is C12H16ClN3O2. The zero-order chi connectivity index (χ0) is 13.4. The highest BCUT2D eigenvalue weighted by atomic mass is 35.5. The molecular weight excluding hydrogens is 254 g/mol. The lowest BCUT2D eigenvalue weighted by molar-refractivity contribution is 0.249. The molecule has 0 aliphatic rings. The van der Waals surface area contributed by atoms with Crippen LogP contribution in [0.4, 0.5) is 4.79 Å². The fourth-order valence-corrected chi connectivity index (χ4v) is 1.52. The van der Waals surface area contributed by atoms with Gasteiger partial charge in [-0.05, 0) is 30.2 Å². The summed E-state index contributed by atoms with van der Waals surface area (Å²) in [6.07, 6.45) is 2.43. The number of nitrogens with zero attached hydrogens (tertiary/aromatic N) is 1. The number of hydrogen-bond acceptors (Lipinski definition) is 3. The smallest absolute Gasteiger partial charge is 0.332 e. The van der Waals surface area contributed by atoms with E-state index in [0.717, 1.165) is 23.3 Å². The van der Waals surface area contributed by atoms with Crippen LogP contribution >= 0.6 is 11.6 Å². The van der Waals surface area contributed by atoms with Crippen molar-refractivity contribution in [2.75, 3.05) is 6.61 Å². The zero-order valence-corrected chi connectivity index (χ0v) is 10.9. The van der Waals surface area contributed by atoms with Gasteiger partial charge in [-0.3, -0.25) is 0 Å². The van der Waals surface area contributed by atoms with Crippen LogP contribution in [0.25, 0.3) is 0 Å². The lowest BCUT2D eigenvalue weighted by Gasteiger charge is -2.09. The van der Waals surface area contributed by atoms with E-state index in [1.807, 2.05) is 25.1 Å². The lowest BCUT2D eigenvalue weighted by atomic mass is 10.1. The van der Waals surface area contributed by atoms with Crippen LogP contribution in [0.3, 0.4) is 0 Å². The van der Waals surface area contributed by atoms with Gasteiger partial charge in [-0.15, -0.1) is 11.6 Å². The number of rotatable bonds is 6. The van der Waals surface area contributed by atoms with Crippen LogP contribution < -0.4 is 15.9 Å². The Balaban J connectivity index is 2.77. The second-order valence-electron chi connectivity index (χ2n) is 3.58. The number of ether oxygens (including phenoxy) is 1. The van der Waals surface area contributed by atoms with Crippen LogP contribution in [0.1, 0.15) is 24.5 Å². The quantitative estimate of drug-likeness (QED) is 0.472. The summed E-state index contributed by atoms with van der Waals surface area (Å²) in [4.78, 5) is 10.4. The fourth-order valence-electron chi connectivity index (χ4n) is 1.31. The molecule has 0 aliphatic carbocycles. The third kappa shape index (κ3) is 4.63. The van der Waals surface area contributed by atoms with Crippen LogP contribution in [-0.4, -0.2) is 18.9 Å². The summed E-state index contributed by atoms with van der Waals surface area (Å²) in [6.45, 7) is 2.69. The number of benzene rings is 1. The highest BCUT2D eigenvalue weighted by molar-refractivity contribution is 6.17. The van der Waals surface area contributed by atoms with Gasteiger partial charge in [0.05, 0.1) is 18.7 Å². The number of alkyl halides is 1.